The molecule has 3 aliphatic rings. The van der Waals surface area contributed by atoms with E-state index in [1.165, 1.54) is 59.5 Å². The van der Waals surface area contributed by atoms with Crippen LogP contribution in [0.5, 0.6) is 0 Å². The van der Waals surface area contributed by atoms with Crippen LogP contribution in [0, 0.1) is 0 Å². The first kappa shape index (κ1) is 75.6. The zero-order valence-corrected chi connectivity index (χ0v) is 66.7. The van der Waals surface area contributed by atoms with Crippen molar-refractivity contribution in [3.63, 3.8) is 0 Å². The number of thiazole rings is 2. The number of aromatic nitrogens is 2. The van der Waals surface area contributed by atoms with Gasteiger partial charge in [0.2, 0.25) is 0 Å². The summed E-state index contributed by atoms with van der Waals surface area (Å²) in [4.78, 5) is 9.94. The Morgan fingerprint density at radius 1 is 0.264 bits per heavy atom. The van der Waals surface area contributed by atoms with Crippen LogP contribution in [-0.2, 0) is 27.9 Å². The Kier molecular flexibility index (Phi) is 21.4. The summed E-state index contributed by atoms with van der Waals surface area (Å²) in [6.07, 6.45) is 0. The number of para-hydroxylation sites is 2. The smallest absolute Gasteiger partial charge is 0.405 e. The highest BCUT2D eigenvalue weighted by Crippen LogP contribution is 2.46. The fourth-order valence-electron chi connectivity index (χ4n) is 14.1. The number of fused-ring (bicyclic) bond motifs is 2. The lowest BCUT2D eigenvalue weighted by atomic mass is 9.49. The number of halogens is 1. The van der Waals surface area contributed by atoms with E-state index < -0.39 is 32.3 Å². The van der Waals surface area contributed by atoms with Crippen LogP contribution < -0.4 is 5.46 Å². The van der Waals surface area contributed by atoms with Crippen LogP contribution >= 0.6 is 34.3 Å². The van der Waals surface area contributed by atoms with E-state index in [0.29, 0.717) is 5.02 Å². The number of nitrogens with zero attached hydrogens (tertiary/aromatic N) is 2. The quantitative estimate of drug-likeness (QED) is 0.0787. The first-order valence-corrected chi connectivity index (χ1v) is 39.6. The van der Waals surface area contributed by atoms with E-state index in [1.54, 1.807) is 22.7 Å². The van der Waals surface area contributed by atoms with E-state index in [-0.39, 0.29) is 22.4 Å². The molecule has 110 heavy (non-hydrogen) atoms. The molecule has 8 nitrogen and oxygen atoms in total. The molecule has 12 aromatic carbocycles. The molecule has 0 spiro atoms. The van der Waals surface area contributed by atoms with Crippen LogP contribution in [0.3, 0.4) is 0 Å². The molecule has 0 bridgehead atoms. The number of hydrogen-bond donors (Lipinski definition) is 0. The lowest BCUT2D eigenvalue weighted by Gasteiger charge is -2.32. The number of hydrogen-bond acceptors (Lipinski definition) is 10. The van der Waals surface area contributed by atoms with Crippen molar-refractivity contribution in [3.8, 4) is 43.4 Å². The minimum absolute atomic E-state index is 0.360. The van der Waals surface area contributed by atoms with Crippen LogP contribution in [-0.4, -0.2) is 64.7 Å². The Morgan fingerprint density at radius 3 is 0.864 bits per heavy atom. The van der Waals surface area contributed by atoms with Gasteiger partial charge in [-0.15, -0.1) is 22.7 Å². The second-order valence-corrected chi connectivity index (χ2v) is 33.7. The summed E-state index contributed by atoms with van der Waals surface area (Å²) in [5, 5.41) is 2.64. The number of rotatable bonds is 14. The molecule has 2 aromatic heterocycles. The molecule has 546 valence electrons. The van der Waals surface area contributed by atoms with Gasteiger partial charge in [0.1, 0.15) is 10.0 Å². The SMILES string of the molecule is CC1(C)OB(B2OC(C)(C)C(C)(C)O2)OC1(C)C.CC1(C)OB(c2cc(-c3cccc(C(=C(c4ccccc4)c4ccccc4)c4ccccc4)c3)cc(-c3nc4ccccc4s3)c2)OC1(C)C.Clc1cc(-c2cccc(C(=C(c3ccccc3)c3ccccc3)c3ccccc3)c2)cc(-c2nc3ccccc3s2)c1. The molecule has 3 aliphatic heterocycles. The maximum absolute atomic E-state index is 6.72. The maximum atomic E-state index is 6.72. The normalized spacial score (nSPS) is 16.2. The van der Waals surface area contributed by atoms with Gasteiger partial charge < -0.3 is 27.9 Å². The van der Waals surface area contributed by atoms with Crippen LogP contribution in [0.15, 0.2) is 315 Å². The first-order valence-electron chi connectivity index (χ1n) is 37.6. The summed E-state index contributed by atoms with van der Waals surface area (Å²) in [5.74, 6) is 0. The predicted molar refractivity (Wildman–Crippen MR) is 463 cm³/mol. The van der Waals surface area contributed by atoms with Crippen molar-refractivity contribution in [2.45, 2.75) is 117 Å². The van der Waals surface area contributed by atoms with Gasteiger partial charge in [-0.2, -0.15) is 0 Å². The second-order valence-electron chi connectivity index (χ2n) is 31.2. The molecule has 0 saturated carbocycles. The monoisotopic (exact) mass is 1500 g/mol. The third-order valence-electron chi connectivity index (χ3n) is 22.1. The third kappa shape index (κ3) is 15.9. The summed E-state index contributed by atoms with van der Waals surface area (Å²) in [6.45, 7) is 24.6. The average molecular weight is 1500 g/mol. The minimum Gasteiger partial charge on any atom is -0.405 e. The lowest BCUT2D eigenvalue weighted by molar-refractivity contribution is 0.00578. The van der Waals surface area contributed by atoms with Gasteiger partial charge in [-0.25, -0.2) is 9.97 Å². The van der Waals surface area contributed by atoms with Gasteiger partial charge in [-0.05, 0) is 238 Å². The molecule has 0 aliphatic carbocycles. The van der Waals surface area contributed by atoms with E-state index in [0.717, 1.165) is 76.6 Å². The van der Waals surface area contributed by atoms with Crippen LogP contribution in [0.25, 0.3) is 86.1 Å². The van der Waals surface area contributed by atoms with E-state index in [2.05, 4.69) is 319 Å². The Bertz CT molecular complexity index is 5440. The van der Waals surface area contributed by atoms with Gasteiger partial charge in [0.05, 0.1) is 54.0 Å². The molecular weight excluding hydrogens is 1410 g/mol. The fraction of sp³-hybridized carbons (Fsp3) is 0.188. The average Bonchev–Trinajstić information content (AvgIpc) is 1.57. The summed E-state index contributed by atoms with van der Waals surface area (Å²) >= 11 is 10.1. The topological polar surface area (TPSA) is 81.2 Å². The highest BCUT2D eigenvalue weighted by atomic mass is 35.5. The van der Waals surface area contributed by atoms with E-state index in [9.17, 15) is 0 Å². The van der Waals surface area contributed by atoms with Crippen molar-refractivity contribution < 1.29 is 27.9 Å². The second kappa shape index (κ2) is 31.1. The Hall–Kier alpha value is -9.86. The van der Waals surface area contributed by atoms with Gasteiger partial charge in [0.25, 0.3) is 0 Å². The van der Waals surface area contributed by atoms with E-state index >= 15 is 0 Å². The van der Waals surface area contributed by atoms with Crippen molar-refractivity contribution in [3.05, 3.63) is 365 Å². The molecular formula is C96H88B3ClN2O6S2. The first-order chi connectivity index (χ1) is 52.9. The molecule has 5 heterocycles. The zero-order chi connectivity index (χ0) is 76.6. The third-order valence-corrected chi connectivity index (χ3v) is 24.5. The standard InChI is InChI=1S/C45H38BNO2S.C39H26ClNS.C12H24B2O4/c1-44(2)45(3,4)49-46(48-44)38-29-36(28-37(30-38)43-47-39-25-14-15-26-40(39)50-43)34-23-16-24-35(27-34)42(33-21-12-7-13-22-33)41(31-17-8-5-9-18-31)32-19-10-6-11-20-32;40-34-25-32(24-33(26-34)39-41-35-21-10-11-22-36(35)42-39)30-19-12-20-31(23-30)38(29-17-8-3-9-18-29)37(27-13-4-1-5-14-27)28-15-6-2-7-16-28;1-9(2)10(3,4)16-13(15-9)14-17-11(5,6)12(7,8)18-14/h5-30H,1-4H3;1-26H;1-8H3. The van der Waals surface area contributed by atoms with Crippen molar-refractivity contribution in [1.29, 1.82) is 0 Å². The van der Waals surface area contributed by atoms with E-state index in [4.69, 9.17) is 49.5 Å². The molecule has 3 fully saturated rings. The van der Waals surface area contributed by atoms with Gasteiger partial charge in [0.15, 0.2) is 0 Å². The molecule has 0 unspecified atom stereocenters. The van der Waals surface area contributed by atoms with Gasteiger partial charge in [-0.3, -0.25) is 0 Å². The van der Waals surface area contributed by atoms with Gasteiger partial charge >= 0.3 is 21.1 Å². The molecule has 0 N–H and O–H groups in total. The maximum Gasteiger partial charge on any atom is 0.494 e. The highest BCUT2D eigenvalue weighted by Gasteiger charge is 2.64. The molecule has 17 rings (SSSR count). The van der Waals surface area contributed by atoms with Crippen molar-refractivity contribution in [1.82, 2.24) is 9.97 Å². The largest absolute Gasteiger partial charge is 0.494 e. The minimum atomic E-state index is -0.501. The number of benzene rings is 12. The summed E-state index contributed by atoms with van der Waals surface area (Å²) in [5.41, 5.74) is 21.1. The molecule has 0 atom stereocenters. The Labute approximate surface area is 661 Å². The van der Waals surface area contributed by atoms with Crippen molar-refractivity contribution in [2.24, 2.45) is 0 Å². The van der Waals surface area contributed by atoms with Gasteiger partial charge in [0, 0.05) is 16.1 Å². The fourth-order valence-corrected chi connectivity index (χ4v) is 16.2. The van der Waals surface area contributed by atoms with E-state index in [1.807, 2.05) is 79.7 Å². The van der Waals surface area contributed by atoms with Gasteiger partial charge in [-0.1, -0.05) is 266 Å². The summed E-state index contributed by atoms with van der Waals surface area (Å²) in [6, 6.07) is 111. The van der Waals surface area contributed by atoms with Crippen LogP contribution in [0.4, 0.5) is 0 Å². The summed E-state index contributed by atoms with van der Waals surface area (Å²) in [7, 11) is -1.45. The molecule has 0 amide bonds. The molecule has 14 heteroatoms. The summed E-state index contributed by atoms with van der Waals surface area (Å²) < 4.78 is 39.4. The molecule has 0 radical (unpaired) electrons. The van der Waals surface area contributed by atoms with Crippen molar-refractivity contribution in [2.75, 3.05) is 0 Å². The van der Waals surface area contributed by atoms with Crippen LogP contribution in [0.1, 0.15) is 128 Å². The molecule has 14 aromatic rings. The highest BCUT2D eigenvalue weighted by molar-refractivity contribution is 7.22. The molecule has 3 saturated heterocycles. The predicted octanol–water partition coefficient (Wildman–Crippen LogP) is 24.5. The Balaban J connectivity index is 0.000000144. The van der Waals surface area contributed by atoms with Crippen LogP contribution in [0.2, 0.25) is 5.02 Å². The lowest BCUT2D eigenvalue weighted by Crippen LogP contribution is -2.41. The Morgan fingerprint density at radius 2 is 0.527 bits per heavy atom. The van der Waals surface area contributed by atoms with Crippen molar-refractivity contribution >= 4 is 104 Å². The zero-order valence-electron chi connectivity index (χ0n) is 64.3.